The molecule has 4 heteroatoms. The fourth-order valence-electron chi connectivity index (χ4n) is 2.15. The number of carboxylic acid groups (broad SMARTS) is 1. The molecule has 0 spiro atoms. The summed E-state index contributed by atoms with van der Waals surface area (Å²) in [7, 11) is 0. The Morgan fingerprint density at radius 2 is 2.00 bits per heavy atom. The van der Waals surface area contributed by atoms with Crippen LogP contribution in [0.4, 0.5) is 0 Å². The van der Waals surface area contributed by atoms with Gasteiger partial charge in [-0.3, -0.25) is 4.79 Å². The van der Waals surface area contributed by atoms with Gasteiger partial charge in [0.25, 0.3) is 0 Å². The normalized spacial score (nSPS) is 15.2. The molecule has 18 heavy (non-hydrogen) atoms. The lowest BCUT2D eigenvalue weighted by molar-refractivity contribution is -0.128. The first-order valence-electron chi connectivity index (χ1n) is 5.87. The highest BCUT2D eigenvalue weighted by molar-refractivity contribution is 5.94. The van der Waals surface area contributed by atoms with Crippen LogP contribution < -0.4 is 0 Å². The van der Waals surface area contributed by atoms with Crippen molar-refractivity contribution >= 4 is 17.4 Å². The molecule has 0 saturated carbocycles. The van der Waals surface area contributed by atoms with E-state index >= 15 is 0 Å². The number of benzene rings is 1. The van der Waals surface area contributed by atoms with Crippen LogP contribution in [-0.4, -0.2) is 35.0 Å². The van der Waals surface area contributed by atoms with Crippen LogP contribution in [0.15, 0.2) is 30.3 Å². The number of rotatable bonds is 2. The molecule has 0 aromatic heterocycles. The lowest BCUT2D eigenvalue weighted by Crippen LogP contribution is -2.32. The monoisotopic (exact) mass is 245 g/mol. The Bertz CT molecular complexity index is 520. The number of hydrogen-bond donors (Lipinski definition) is 1. The largest absolute Gasteiger partial charge is 0.478 e. The van der Waals surface area contributed by atoms with Crippen LogP contribution in [0.5, 0.6) is 0 Å². The fraction of sp³-hybridized carbons (Fsp3) is 0.286. The lowest BCUT2D eigenvalue weighted by Gasteiger charge is -2.25. The van der Waals surface area contributed by atoms with Gasteiger partial charge in [0, 0.05) is 20.0 Å². The maximum absolute atomic E-state index is 11.2. The van der Waals surface area contributed by atoms with Crippen molar-refractivity contribution in [3.63, 3.8) is 0 Å². The Morgan fingerprint density at radius 1 is 1.28 bits per heavy atom. The smallest absolute Gasteiger partial charge is 0.336 e. The summed E-state index contributed by atoms with van der Waals surface area (Å²) in [4.78, 5) is 24.1. The number of aromatic carboxylic acids is 1. The van der Waals surface area contributed by atoms with E-state index in [0.717, 1.165) is 11.1 Å². The molecule has 1 amide bonds. The van der Waals surface area contributed by atoms with E-state index in [4.69, 9.17) is 5.11 Å². The van der Waals surface area contributed by atoms with Gasteiger partial charge in [-0.15, -0.1) is 0 Å². The van der Waals surface area contributed by atoms with Gasteiger partial charge in [-0.25, -0.2) is 4.79 Å². The Labute approximate surface area is 106 Å². The Morgan fingerprint density at radius 3 is 2.56 bits per heavy atom. The zero-order valence-electron chi connectivity index (χ0n) is 10.2. The van der Waals surface area contributed by atoms with Crippen molar-refractivity contribution in [2.45, 2.75) is 13.3 Å². The number of carbonyl (C=O) groups excluding carboxylic acids is 1. The topological polar surface area (TPSA) is 57.6 Å². The summed E-state index contributed by atoms with van der Waals surface area (Å²) in [5, 5.41) is 9.14. The lowest BCUT2D eigenvalue weighted by atomic mass is 9.95. The second-order valence-corrected chi connectivity index (χ2v) is 4.30. The molecule has 0 radical (unpaired) electrons. The first-order chi connectivity index (χ1) is 8.59. The van der Waals surface area contributed by atoms with Crippen LogP contribution in [0.1, 0.15) is 29.3 Å². The molecule has 1 aromatic carbocycles. The van der Waals surface area contributed by atoms with E-state index in [1.165, 1.54) is 0 Å². The zero-order chi connectivity index (χ0) is 13.1. The first-order valence-corrected chi connectivity index (χ1v) is 5.87. The molecule has 0 bridgehead atoms. The molecule has 0 fully saturated rings. The molecule has 4 nitrogen and oxygen atoms in total. The fourth-order valence-corrected chi connectivity index (χ4v) is 2.15. The van der Waals surface area contributed by atoms with Crippen molar-refractivity contribution in [2.24, 2.45) is 0 Å². The quantitative estimate of drug-likeness (QED) is 0.867. The van der Waals surface area contributed by atoms with Gasteiger partial charge in [-0.05, 0) is 23.6 Å². The average molecular weight is 245 g/mol. The third-order valence-corrected chi connectivity index (χ3v) is 3.16. The second-order valence-electron chi connectivity index (χ2n) is 4.30. The molecular formula is C14H15NO3. The summed E-state index contributed by atoms with van der Waals surface area (Å²) >= 11 is 0. The van der Waals surface area contributed by atoms with Crippen LogP contribution in [0, 0.1) is 0 Å². The van der Waals surface area contributed by atoms with Gasteiger partial charge in [-0.2, -0.15) is 0 Å². The molecule has 1 N–H and O–H groups in total. The van der Waals surface area contributed by atoms with E-state index in [9.17, 15) is 9.59 Å². The van der Waals surface area contributed by atoms with Crippen LogP contribution in [-0.2, 0) is 4.79 Å². The molecule has 2 rings (SSSR count). The van der Waals surface area contributed by atoms with Gasteiger partial charge in [0.1, 0.15) is 0 Å². The van der Waals surface area contributed by atoms with Crippen molar-refractivity contribution in [1.29, 1.82) is 0 Å². The van der Waals surface area contributed by atoms with E-state index in [1.807, 2.05) is 18.2 Å². The molecule has 0 unspecified atom stereocenters. The van der Waals surface area contributed by atoms with Gasteiger partial charge in [-0.1, -0.05) is 24.3 Å². The van der Waals surface area contributed by atoms with Crippen LogP contribution in [0.25, 0.3) is 5.57 Å². The standard InChI is InChI=1S/C14H15NO3/c1-10(16)15-8-6-11(7-9-15)12-4-2-3-5-13(12)14(17)18/h2-6H,7-9H2,1H3,(H,17,18). The summed E-state index contributed by atoms with van der Waals surface area (Å²) in [5.41, 5.74) is 2.08. The van der Waals surface area contributed by atoms with E-state index in [-0.39, 0.29) is 5.91 Å². The van der Waals surface area contributed by atoms with Gasteiger partial charge in [0.2, 0.25) is 5.91 Å². The summed E-state index contributed by atoms with van der Waals surface area (Å²) in [6, 6.07) is 6.98. The third-order valence-electron chi connectivity index (χ3n) is 3.16. The van der Waals surface area contributed by atoms with Crippen molar-refractivity contribution < 1.29 is 14.7 Å². The molecule has 0 aliphatic carbocycles. The minimum atomic E-state index is -0.916. The minimum Gasteiger partial charge on any atom is -0.478 e. The van der Waals surface area contributed by atoms with Crippen molar-refractivity contribution in [1.82, 2.24) is 4.90 Å². The highest BCUT2D eigenvalue weighted by Gasteiger charge is 2.18. The maximum Gasteiger partial charge on any atom is 0.336 e. The van der Waals surface area contributed by atoms with Gasteiger partial charge in [0.15, 0.2) is 0 Å². The van der Waals surface area contributed by atoms with Crippen LogP contribution >= 0.6 is 0 Å². The molecule has 94 valence electrons. The van der Waals surface area contributed by atoms with Crippen molar-refractivity contribution in [3.8, 4) is 0 Å². The van der Waals surface area contributed by atoms with E-state index in [0.29, 0.717) is 25.1 Å². The molecular weight excluding hydrogens is 230 g/mol. The molecule has 1 aliphatic rings. The molecule has 1 aliphatic heterocycles. The second kappa shape index (κ2) is 5.04. The first kappa shape index (κ1) is 12.4. The highest BCUT2D eigenvalue weighted by Crippen LogP contribution is 2.25. The number of nitrogens with zero attached hydrogens (tertiary/aromatic N) is 1. The summed E-state index contributed by atoms with van der Waals surface area (Å²) in [5.74, 6) is -0.864. The molecule has 0 atom stereocenters. The summed E-state index contributed by atoms with van der Waals surface area (Å²) in [6.45, 7) is 2.75. The van der Waals surface area contributed by atoms with Crippen LogP contribution in [0.3, 0.4) is 0 Å². The summed E-state index contributed by atoms with van der Waals surface area (Å²) < 4.78 is 0. The van der Waals surface area contributed by atoms with Gasteiger partial charge in [0.05, 0.1) is 5.56 Å². The van der Waals surface area contributed by atoms with Gasteiger partial charge < -0.3 is 10.0 Å². The molecule has 1 aromatic rings. The zero-order valence-corrected chi connectivity index (χ0v) is 10.2. The van der Waals surface area contributed by atoms with E-state index in [2.05, 4.69) is 0 Å². The maximum atomic E-state index is 11.2. The number of carboxylic acids is 1. The predicted molar refractivity (Wildman–Crippen MR) is 68.2 cm³/mol. The average Bonchev–Trinajstić information content (AvgIpc) is 2.39. The van der Waals surface area contributed by atoms with E-state index < -0.39 is 5.97 Å². The molecule has 0 saturated heterocycles. The number of carbonyl (C=O) groups is 2. The van der Waals surface area contributed by atoms with Crippen molar-refractivity contribution in [2.75, 3.05) is 13.1 Å². The van der Waals surface area contributed by atoms with Crippen LogP contribution in [0.2, 0.25) is 0 Å². The van der Waals surface area contributed by atoms with Crippen molar-refractivity contribution in [3.05, 3.63) is 41.5 Å². The predicted octanol–water partition coefficient (Wildman–Crippen LogP) is 2.02. The van der Waals surface area contributed by atoms with Gasteiger partial charge >= 0.3 is 5.97 Å². The third kappa shape index (κ3) is 2.42. The summed E-state index contributed by atoms with van der Waals surface area (Å²) in [6.07, 6.45) is 2.64. The number of amides is 1. The minimum absolute atomic E-state index is 0.0526. The Balaban J connectivity index is 2.29. The van der Waals surface area contributed by atoms with E-state index in [1.54, 1.807) is 24.0 Å². The number of hydrogen-bond acceptors (Lipinski definition) is 2. The Kier molecular flexibility index (Phi) is 3.46. The highest BCUT2D eigenvalue weighted by atomic mass is 16.4. The molecule has 1 heterocycles. The Hall–Kier alpha value is -2.10. The SMILES string of the molecule is CC(=O)N1CC=C(c2ccccc2C(=O)O)CC1.